The summed E-state index contributed by atoms with van der Waals surface area (Å²) in [5.41, 5.74) is 0.358. The number of amides is 1. The summed E-state index contributed by atoms with van der Waals surface area (Å²) in [6, 6.07) is 1.48. The number of hydrogen-bond donors (Lipinski definition) is 2. The Hall–Kier alpha value is -0.920. The summed E-state index contributed by atoms with van der Waals surface area (Å²) in [6.45, 7) is 4.19. The molecule has 1 amide bonds. The first-order valence-electron chi connectivity index (χ1n) is 6.80. The van der Waals surface area contributed by atoms with Crippen molar-refractivity contribution in [2.24, 2.45) is 5.14 Å². The van der Waals surface area contributed by atoms with Crippen LogP contribution in [0.5, 0.6) is 0 Å². The normalized spacial score (nSPS) is 13.2. The highest BCUT2D eigenvalue weighted by Crippen LogP contribution is 2.19. The Balaban J connectivity index is 2.71. The Morgan fingerprint density at radius 3 is 2.55 bits per heavy atom. The maximum absolute atomic E-state index is 12.1. The molecule has 3 N–H and O–H groups in total. The number of sulfonamides is 1. The zero-order valence-corrected chi connectivity index (χ0v) is 13.5. The molecule has 0 saturated heterocycles. The number of unbranched alkanes of at least 4 members (excludes halogenated alkanes) is 1. The lowest BCUT2D eigenvalue weighted by atomic mass is 10.0. The summed E-state index contributed by atoms with van der Waals surface area (Å²) < 4.78 is 22.4. The molecule has 1 aromatic rings. The van der Waals surface area contributed by atoms with Gasteiger partial charge in [0, 0.05) is 11.4 Å². The molecule has 0 aliphatic heterocycles. The number of carbonyl (C=O) groups excluding carboxylic acids is 1. The Labute approximate surface area is 124 Å². The van der Waals surface area contributed by atoms with Crippen molar-refractivity contribution in [1.29, 1.82) is 0 Å². The second-order valence-corrected chi connectivity index (χ2v) is 7.50. The van der Waals surface area contributed by atoms with Crippen LogP contribution in [0.15, 0.2) is 15.7 Å². The predicted octanol–water partition coefficient (Wildman–Crippen LogP) is 2.48. The Bertz CT molecular complexity index is 538. The third-order valence-corrected chi connectivity index (χ3v) is 5.38. The van der Waals surface area contributed by atoms with E-state index in [-0.39, 0.29) is 16.2 Å². The molecule has 0 radical (unpaired) electrons. The number of carbonyl (C=O) groups is 1. The van der Waals surface area contributed by atoms with E-state index in [9.17, 15) is 13.2 Å². The van der Waals surface area contributed by atoms with Gasteiger partial charge < -0.3 is 5.32 Å². The van der Waals surface area contributed by atoms with Crippen LogP contribution in [0.25, 0.3) is 0 Å². The molecule has 0 aromatic carbocycles. The smallest absolute Gasteiger partial charge is 0.252 e. The molecule has 1 unspecified atom stereocenters. The standard InChI is InChI=1S/C13H22N2O3S2/c1-3-5-7-11(6-4-2)15-13(16)10-8-12(19-9-10)20(14,17)18/h8-9,11H,3-7H2,1-2H3,(H,15,16)(H2,14,17,18). The van der Waals surface area contributed by atoms with Gasteiger partial charge in [-0.25, -0.2) is 13.6 Å². The second kappa shape index (κ2) is 7.75. The zero-order chi connectivity index (χ0) is 15.2. The van der Waals surface area contributed by atoms with Crippen LogP contribution < -0.4 is 10.5 Å². The van der Waals surface area contributed by atoms with Gasteiger partial charge in [0.2, 0.25) is 10.0 Å². The molecule has 0 aliphatic carbocycles. The van der Waals surface area contributed by atoms with Gasteiger partial charge in [-0.2, -0.15) is 0 Å². The molecule has 5 nitrogen and oxygen atoms in total. The molecule has 1 rings (SSSR count). The van der Waals surface area contributed by atoms with Gasteiger partial charge in [-0.3, -0.25) is 4.79 Å². The summed E-state index contributed by atoms with van der Waals surface area (Å²) >= 11 is 0.969. The lowest BCUT2D eigenvalue weighted by molar-refractivity contribution is 0.0932. The first-order chi connectivity index (χ1) is 9.38. The van der Waals surface area contributed by atoms with E-state index in [1.165, 1.54) is 11.4 Å². The number of thiophene rings is 1. The second-order valence-electron chi connectivity index (χ2n) is 4.80. The van der Waals surface area contributed by atoms with E-state index in [1.807, 2.05) is 0 Å². The largest absolute Gasteiger partial charge is 0.349 e. The van der Waals surface area contributed by atoms with Crippen molar-refractivity contribution in [2.45, 2.75) is 56.2 Å². The molecule has 7 heteroatoms. The molecule has 20 heavy (non-hydrogen) atoms. The van der Waals surface area contributed by atoms with Crippen LogP contribution in [0.2, 0.25) is 0 Å². The molecule has 0 bridgehead atoms. The van der Waals surface area contributed by atoms with Gasteiger partial charge in [0.05, 0.1) is 5.56 Å². The predicted molar refractivity (Wildman–Crippen MR) is 81.4 cm³/mol. The molecule has 0 aliphatic rings. The van der Waals surface area contributed by atoms with E-state index in [2.05, 4.69) is 19.2 Å². The summed E-state index contributed by atoms with van der Waals surface area (Å²) in [6.07, 6.45) is 5.03. The maximum atomic E-state index is 12.1. The maximum Gasteiger partial charge on any atom is 0.252 e. The summed E-state index contributed by atoms with van der Waals surface area (Å²) in [4.78, 5) is 12.1. The zero-order valence-electron chi connectivity index (χ0n) is 11.9. The SMILES string of the molecule is CCCCC(CCC)NC(=O)c1csc(S(N)(=O)=O)c1. The van der Waals surface area contributed by atoms with Crippen LogP contribution >= 0.6 is 11.3 Å². The fourth-order valence-corrected chi connectivity index (χ4v) is 3.53. The van der Waals surface area contributed by atoms with Crippen molar-refractivity contribution in [3.8, 4) is 0 Å². The third kappa shape index (κ3) is 5.22. The average Bonchev–Trinajstić information content (AvgIpc) is 2.85. The highest BCUT2D eigenvalue weighted by atomic mass is 32.2. The van der Waals surface area contributed by atoms with Crippen LogP contribution in [0.3, 0.4) is 0 Å². The van der Waals surface area contributed by atoms with Crippen LogP contribution in [-0.2, 0) is 10.0 Å². The quantitative estimate of drug-likeness (QED) is 0.771. The lowest BCUT2D eigenvalue weighted by Crippen LogP contribution is -2.34. The van der Waals surface area contributed by atoms with Crippen LogP contribution in [-0.4, -0.2) is 20.4 Å². The van der Waals surface area contributed by atoms with Crippen molar-refractivity contribution in [1.82, 2.24) is 5.32 Å². The average molecular weight is 318 g/mol. The molecule has 1 heterocycles. The minimum Gasteiger partial charge on any atom is -0.349 e. The van der Waals surface area contributed by atoms with Gasteiger partial charge in [-0.15, -0.1) is 11.3 Å². The number of primary sulfonamides is 1. The monoisotopic (exact) mass is 318 g/mol. The highest BCUT2D eigenvalue weighted by Gasteiger charge is 2.17. The van der Waals surface area contributed by atoms with Gasteiger partial charge in [-0.1, -0.05) is 33.1 Å². The molecular weight excluding hydrogens is 296 g/mol. The van der Waals surface area contributed by atoms with Gasteiger partial charge in [0.1, 0.15) is 4.21 Å². The minimum atomic E-state index is -3.73. The Morgan fingerprint density at radius 2 is 2.05 bits per heavy atom. The van der Waals surface area contributed by atoms with Crippen LogP contribution in [0, 0.1) is 0 Å². The highest BCUT2D eigenvalue weighted by molar-refractivity contribution is 7.91. The van der Waals surface area contributed by atoms with E-state index < -0.39 is 10.0 Å². The third-order valence-electron chi connectivity index (χ3n) is 3.00. The molecule has 1 atom stereocenters. The van der Waals surface area contributed by atoms with E-state index in [1.54, 1.807) is 0 Å². The fraction of sp³-hybridized carbons (Fsp3) is 0.615. The van der Waals surface area contributed by atoms with Crippen molar-refractivity contribution in [2.75, 3.05) is 0 Å². The van der Waals surface area contributed by atoms with Crippen LogP contribution in [0.4, 0.5) is 0 Å². The van der Waals surface area contributed by atoms with E-state index in [0.29, 0.717) is 5.56 Å². The first-order valence-corrected chi connectivity index (χ1v) is 9.23. The molecule has 0 spiro atoms. The van der Waals surface area contributed by atoms with Crippen molar-refractivity contribution in [3.05, 3.63) is 17.0 Å². The number of nitrogens with one attached hydrogen (secondary N) is 1. The summed E-state index contributed by atoms with van der Waals surface area (Å²) in [7, 11) is -3.73. The molecule has 1 aromatic heterocycles. The number of rotatable bonds is 8. The Morgan fingerprint density at radius 1 is 1.35 bits per heavy atom. The topological polar surface area (TPSA) is 89.3 Å². The van der Waals surface area contributed by atoms with Crippen molar-refractivity contribution in [3.63, 3.8) is 0 Å². The van der Waals surface area contributed by atoms with Crippen LogP contribution in [0.1, 0.15) is 56.3 Å². The molecule has 0 fully saturated rings. The summed E-state index contributed by atoms with van der Waals surface area (Å²) in [5.74, 6) is -0.231. The van der Waals surface area contributed by atoms with E-state index in [4.69, 9.17) is 5.14 Å². The number of nitrogens with two attached hydrogens (primary N) is 1. The first kappa shape index (κ1) is 17.1. The molecular formula is C13H22N2O3S2. The fourth-order valence-electron chi connectivity index (χ4n) is 1.94. The number of hydrogen-bond acceptors (Lipinski definition) is 4. The minimum absolute atomic E-state index is 0.0169. The van der Waals surface area contributed by atoms with Gasteiger partial charge in [0.25, 0.3) is 5.91 Å². The van der Waals surface area contributed by atoms with Crippen molar-refractivity contribution < 1.29 is 13.2 Å². The summed E-state index contributed by atoms with van der Waals surface area (Å²) in [5, 5.41) is 9.53. The van der Waals surface area contributed by atoms with Gasteiger partial charge in [-0.05, 0) is 18.9 Å². The Kier molecular flexibility index (Phi) is 6.64. The van der Waals surface area contributed by atoms with Gasteiger partial charge in [0.15, 0.2) is 0 Å². The van der Waals surface area contributed by atoms with Crippen molar-refractivity contribution >= 4 is 27.3 Å². The van der Waals surface area contributed by atoms with E-state index in [0.717, 1.165) is 43.4 Å². The van der Waals surface area contributed by atoms with E-state index >= 15 is 0 Å². The lowest BCUT2D eigenvalue weighted by Gasteiger charge is -2.17. The molecule has 114 valence electrons. The molecule has 0 saturated carbocycles. The van der Waals surface area contributed by atoms with Gasteiger partial charge >= 0.3 is 0 Å².